The first-order chi connectivity index (χ1) is 7.75. The van der Waals surface area contributed by atoms with Crippen LogP contribution in [0.3, 0.4) is 0 Å². The Morgan fingerprint density at radius 3 is 3.19 bits per heavy atom. The van der Waals surface area contributed by atoms with Crippen LogP contribution in [0, 0.1) is 0 Å². The van der Waals surface area contributed by atoms with Crippen molar-refractivity contribution < 1.29 is 9.90 Å². The zero-order valence-corrected chi connectivity index (χ0v) is 8.83. The van der Waals surface area contributed by atoms with E-state index in [2.05, 4.69) is 20.4 Å². The lowest BCUT2D eigenvalue weighted by molar-refractivity contribution is 0.188. The molecule has 0 aromatic carbocycles. The third kappa shape index (κ3) is 2.59. The molecule has 0 saturated carbocycles. The number of hydrogen-bond donors (Lipinski definition) is 2. The molecule has 2 N–H and O–H groups in total. The number of hydrogen-bond acceptors (Lipinski definition) is 4. The van der Waals surface area contributed by atoms with Crippen molar-refractivity contribution in [2.24, 2.45) is 0 Å². The van der Waals surface area contributed by atoms with Crippen molar-refractivity contribution in [3.05, 3.63) is 18.3 Å². The molecule has 86 valence electrons. The topological polar surface area (TPSA) is 78.4 Å². The molecule has 1 fully saturated rings. The zero-order valence-electron chi connectivity index (χ0n) is 8.83. The van der Waals surface area contributed by atoms with Gasteiger partial charge < -0.3 is 15.3 Å². The van der Waals surface area contributed by atoms with Crippen molar-refractivity contribution in [3.8, 4) is 0 Å². The number of amides is 1. The van der Waals surface area contributed by atoms with Crippen LogP contribution in [0.15, 0.2) is 18.3 Å². The largest absolute Gasteiger partial charge is 0.465 e. The van der Waals surface area contributed by atoms with Gasteiger partial charge in [-0.2, -0.15) is 5.10 Å². The van der Waals surface area contributed by atoms with Crippen LogP contribution in [0.2, 0.25) is 0 Å². The van der Waals surface area contributed by atoms with Crippen LogP contribution < -0.4 is 10.2 Å². The normalized spacial score (nSPS) is 20.5. The van der Waals surface area contributed by atoms with E-state index in [0.717, 1.165) is 25.2 Å². The van der Waals surface area contributed by atoms with E-state index in [1.54, 1.807) is 6.20 Å². The summed E-state index contributed by atoms with van der Waals surface area (Å²) in [5.41, 5.74) is 0. The number of nitrogens with zero attached hydrogens (tertiary/aromatic N) is 3. The van der Waals surface area contributed by atoms with Crippen molar-refractivity contribution in [1.29, 1.82) is 0 Å². The first-order valence-corrected chi connectivity index (χ1v) is 5.28. The summed E-state index contributed by atoms with van der Waals surface area (Å²) in [5.74, 6) is 0.805. The van der Waals surface area contributed by atoms with Crippen LogP contribution in [0.1, 0.15) is 12.8 Å². The molecule has 1 aliphatic heterocycles. The molecule has 1 aromatic heterocycles. The van der Waals surface area contributed by atoms with Crippen molar-refractivity contribution >= 4 is 11.9 Å². The van der Waals surface area contributed by atoms with Crippen LogP contribution in [0.4, 0.5) is 10.6 Å². The highest BCUT2D eigenvalue weighted by Crippen LogP contribution is 2.16. The van der Waals surface area contributed by atoms with Gasteiger partial charge in [-0.1, -0.05) is 0 Å². The molecular formula is C10H14N4O2. The molecule has 1 aliphatic rings. The Hall–Kier alpha value is -1.85. The predicted molar refractivity (Wildman–Crippen MR) is 58.4 cm³/mol. The molecule has 6 nitrogen and oxygen atoms in total. The standard InChI is InChI=1S/C10H14N4O2/c15-10(16)12-8-3-2-6-14(7-8)9-4-1-5-11-13-9/h1,4-5,8,12H,2-3,6-7H2,(H,15,16)/t8-/m0/s1. The smallest absolute Gasteiger partial charge is 0.404 e. The summed E-state index contributed by atoms with van der Waals surface area (Å²) >= 11 is 0. The van der Waals surface area contributed by atoms with E-state index in [1.165, 1.54) is 0 Å². The summed E-state index contributed by atoms with van der Waals surface area (Å²) < 4.78 is 0. The average Bonchev–Trinajstić information content (AvgIpc) is 2.30. The number of aromatic nitrogens is 2. The lowest BCUT2D eigenvalue weighted by Gasteiger charge is -2.32. The predicted octanol–water partition coefficient (Wildman–Crippen LogP) is 0.713. The van der Waals surface area contributed by atoms with Crippen LogP contribution in [0.5, 0.6) is 0 Å². The summed E-state index contributed by atoms with van der Waals surface area (Å²) in [6.07, 6.45) is 2.50. The fourth-order valence-corrected chi connectivity index (χ4v) is 1.94. The third-order valence-corrected chi connectivity index (χ3v) is 2.63. The number of carbonyl (C=O) groups is 1. The van der Waals surface area contributed by atoms with E-state index < -0.39 is 6.09 Å². The van der Waals surface area contributed by atoms with Gasteiger partial charge >= 0.3 is 6.09 Å². The van der Waals surface area contributed by atoms with Crippen molar-refractivity contribution in [3.63, 3.8) is 0 Å². The molecule has 1 aromatic rings. The minimum absolute atomic E-state index is 0.0201. The fraction of sp³-hybridized carbons (Fsp3) is 0.500. The second-order valence-corrected chi connectivity index (χ2v) is 3.82. The van der Waals surface area contributed by atoms with Crippen LogP contribution >= 0.6 is 0 Å². The minimum Gasteiger partial charge on any atom is -0.465 e. The first-order valence-electron chi connectivity index (χ1n) is 5.28. The Kier molecular flexibility index (Phi) is 3.19. The molecule has 0 radical (unpaired) electrons. The minimum atomic E-state index is -0.967. The van der Waals surface area contributed by atoms with E-state index in [4.69, 9.17) is 5.11 Å². The van der Waals surface area contributed by atoms with Gasteiger partial charge in [-0.25, -0.2) is 4.79 Å². The molecule has 2 rings (SSSR count). The quantitative estimate of drug-likeness (QED) is 0.770. The molecule has 0 spiro atoms. The van der Waals surface area contributed by atoms with Crippen LogP contribution in [-0.4, -0.2) is 40.5 Å². The highest BCUT2D eigenvalue weighted by Gasteiger charge is 2.21. The summed E-state index contributed by atoms with van der Waals surface area (Å²) in [6.45, 7) is 1.56. The maximum absolute atomic E-state index is 10.6. The highest BCUT2D eigenvalue weighted by molar-refractivity contribution is 5.65. The Morgan fingerprint density at radius 1 is 1.62 bits per heavy atom. The fourth-order valence-electron chi connectivity index (χ4n) is 1.94. The Labute approximate surface area is 93.3 Å². The highest BCUT2D eigenvalue weighted by atomic mass is 16.4. The lowest BCUT2D eigenvalue weighted by Crippen LogP contribution is -2.47. The monoisotopic (exact) mass is 222 g/mol. The first kappa shape index (κ1) is 10.7. The van der Waals surface area contributed by atoms with Crippen LogP contribution in [0.25, 0.3) is 0 Å². The number of carboxylic acid groups (broad SMARTS) is 1. The summed E-state index contributed by atoms with van der Waals surface area (Å²) in [5, 5.41) is 19.0. The number of anilines is 1. The van der Waals surface area contributed by atoms with Gasteiger partial charge in [0.15, 0.2) is 5.82 Å². The molecule has 2 heterocycles. The zero-order chi connectivity index (χ0) is 11.4. The van der Waals surface area contributed by atoms with E-state index in [-0.39, 0.29) is 6.04 Å². The van der Waals surface area contributed by atoms with Gasteiger partial charge in [0, 0.05) is 25.3 Å². The Bertz CT molecular complexity index is 357. The Morgan fingerprint density at radius 2 is 2.50 bits per heavy atom. The number of piperidine rings is 1. The second kappa shape index (κ2) is 4.78. The van der Waals surface area contributed by atoms with E-state index in [9.17, 15) is 4.79 Å². The van der Waals surface area contributed by atoms with Gasteiger partial charge in [-0.05, 0) is 25.0 Å². The molecular weight excluding hydrogens is 208 g/mol. The molecule has 1 amide bonds. The molecule has 16 heavy (non-hydrogen) atoms. The van der Waals surface area contributed by atoms with Crippen molar-refractivity contribution in [1.82, 2.24) is 15.5 Å². The second-order valence-electron chi connectivity index (χ2n) is 3.82. The van der Waals surface area contributed by atoms with E-state index >= 15 is 0 Å². The summed E-state index contributed by atoms with van der Waals surface area (Å²) in [4.78, 5) is 12.6. The molecule has 0 aliphatic carbocycles. The molecule has 6 heteroatoms. The van der Waals surface area contributed by atoms with E-state index in [1.807, 2.05) is 12.1 Å². The summed E-state index contributed by atoms with van der Waals surface area (Å²) in [7, 11) is 0. The number of rotatable bonds is 2. The summed E-state index contributed by atoms with van der Waals surface area (Å²) in [6, 6.07) is 3.69. The average molecular weight is 222 g/mol. The van der Waals surface area contributed by atoms with Gasteiger partial charge in [0.25, 0.3) is 0 Å². The molecule has 1 atom stereocenters. The van der Waals surface area contributed by atoms with Gasteiger partial charge in [-0.3, -0.25) is 0 Å². The van der Waals surface area contributed by atoms with Crippen molar-refractivity contribution in [2.75, 3.05) is 18.0 Å². The van der Waals surface area contributed by atoms with Gasteiger partial charge in [0.05, 0.1) is 0 Å². The third-order valence-electron chi connectivity index (χ3n) is 2.63. The van der Waals surface area contributed by atoms with Gasteiger partial charge in [0.2, 0.25) is 0 Å². The van der Waals surface area contributed by atoms with Crippen LogP contribution in [-0.2, 0) is 0 Å². The maximum Gasteiger partial charge on any atom is 0.404 e. The maximum atomic E-state index is 10.6. The molecule has 1 saturated heterocycles. The SMILES string of the molecule is O=C(O)N[C@H]1CCCN(c2cccnn2)C1. The van der Waals surface area contributed by atoms with Gasteiger partial charge in [0.1, 0.15) is 0 Å². The molecule has 0 bridgehead atoms. The lowest BCUT2D eigenvalue weighted by atomic mass is 10.1. The van der Waals surface area contributed by atoms with Crippen molar-refractivity contribution in [2.45, 2.75) is 18.9 Å². The Balaban J connectivity index is 1.99. The molecule has 0 unspecified atom stereocenters. The number of nitrogens with one attached hydrogen (secondary N) is 1. The van der Waals surface area contributed by atoms with E-state index in [0.29, 0.717) is 6.54 Å². The van der Waals surface area contributed by atoms with Gasteiger partial charge in [-0.15, -0.1) is 5.10 Å².